The standard InChI is InChI=1S/C26H16F3NO3.ClH/c27-26(28,29)25(33)21-6-2-1-5-19(21)23-20(17-4-3-11-30-14-17)12-18(13-22(23)25)15-7-9-16(10-8-15)24(31)32;/h1-14,33H,(H,31,32);1H. The molecular formula is C26H17ClF3NO3. The van der Waals surface area contributed by atoms with E-state index in [4.69, 9.17) is 5.11 Å². The van der Waals surface area contributed by atoms with E-state index < -0.39 is 17.7 Å². The summed E-state index contributed by atoms with van der Waals surface area (Å²) in [5.74, 6) is -1.10. The van der Waals surface area contributed by atoms with E-state index in [2.05, 4.69) is 4.98 Å². The number of carboxylic acid groups (broad SMARTS) is 1. The second-order valence-corrected chi connectivity index (χ2v) is 7.82. The Kier molecular flexibility index (Phi) is 5.71. The van der Waals surface area contributed by atoms with Crippen LogP contribution in [0.15, 0.2) is 85.2 Å². The maximum atomic E-state index is 14.4. The summed E-state index contributed by atoms with van der Waals surface area (Å²) in [5.41, 5.74) is -0.994. The van der Waals surface area contributed by atoms with E-state index in [1.54, 1.807) is 42.7 Å². The van der Waals surface area contributed by atoms with Crippen molar-refractivity contribution in [3.05, 3.63) is 102 Å². The summed E-state index contributed by atoms with van der Waals surface area (Å²) >= 11 is 0. The van der Waals surface area contributed by atoms with Crippen molar-refractivity contribution in [1.82, 2.24) is 4.98 Å². The summed E-state index contributed by atoms with van der Waals surface area (Å²) in [6.45, 7) is 0. The zero-order valence-corrected chi connectivity index (χ0v) is 18.2. The first-order valence-electron chi connectivity index (χ1n) is 10.0. The molecule has 0 aliphatic heterocycles. The van der Waals surface area contributed by atoms with Gasteiger partial charge in [-0.15, -0.1) is 12.4 Å². The molecule has 0 spiro atoms. The van der Waals surface area contributed by atoms with Crippen molar-refractivity contribution in [3.63, 3.8) is 0 Å². The zero-order chi connectivity index (χ0) is 23.4. The molecule has 0 amide bonds. The van der Waals surface area contributed by atoms with Gasteiger partial charge in [0.1, 0.15) is 0 Å². The molecule has 8 heteroatoms. The molecule has 1 aliphatic rings. The molecule has 5 rings (SSSR count). The lowest BCUT2D eigenvalue weighted by Crippen LogP contribution is -2.41. The number of aromatic carboxylic acids is 1. The Morgan fingerprint density at radius 3 is 2.15 bits per heavy atom. The third-order valence-corrected chi connectivity index (χ3v) is 5.96. The normalized spacial score (nSPS) is 16.4. The number of hydrogen-bond acceptors (Lipinski definition) is 3. The number of carboxylic acids is 1. The van der Waals surface area contributed by atoms with E-state index in [0.29, 0.717) is 33.4 Å². The molecule has 1 heterocycles. The van der Waals surface area contributed by atoms with Crippen LogP contribution < -0.4 is 0 Å². The van der Waals surface area contributed by atoms with Gasteiger partial charge in [-0.05, 0) is 58.1 Å². The van der Waals surface area contributed by atoms with Crippen molar-refractivity contribution in [1.29, 1.82) is 0 Å². The smallest absolute Gasteiger partial charge is 0.425 e. The number of rotatable bonds is 3. The maximum Gasteiger partial charge on any atom is 0.425 e. The minimum Gasteiger partial charge on any atom is -0.478 e. The Balaban J connectivity index is 0.00000274. The fraction of sp³-hybridized carbons (Fsp3) is 0.0769. The van der Waals surface area contributed by atoms with Gasteiger partial charge in [0.2, 0.25) is 5.60 Å². The minimum atomic E-state index is -4.97. The zero-order valence-electron chi connectivity index (χ0n) is 17.4. The van der Waals surface area contributed by atoms with Crippen LogP contribution in [0.4, 0.5) is 13.2 Å². The number of fused-ring (bicyclic) bond motifs is 3. The lowest BCUT2D eigenvalue weighted by atomic mass is 9.86. The highest BCUT2D eigenvalue weighted by Gasteiger charge is 2.61. The highest BCUT2D eigenvalue weighted by molar-refractivity contribution is 5.95. The highest BCUT2D eigenvalue weighted by atomic mass is 35.5. The van der Waals surface area contributed by atoms with Crippen LogP contribution in [-0.4, -0.2) is 27.3 Å². The van der Waals surface area contributed by atoms with Gasteiger partial charge in [0.05, 0.1) is 5.56 Å². The van der Waals surface area contributed by atoms with Gasteiger partial charge >= 0.3 is 12.1 Å². The number of aliphatic hydroxyl groups is 1. The predicted octanol–water partition coefficient (Wildman–Crippen LogP) is 6.31. The number of pyridine rings is 1. The molecular weight excluding hydrogens is 467 g/mol. The number of benzene rings is 3. The summed E-state index contributed by atoms with van der Waals surface area (Å²) < 4.78 is 43.2. The van der Waals surface area contributed by atoms with Crippen LogP contribution in [-0.2, 0) is 5.60 Å². The van der Waals surface area contributed by atoms with Crippen molar-refractivity contribution in [2.45, 2.75) is 11.8 Å². The lowest BCUT2D eigenvalue weighted by Gasteiger charge is -2.29. The minimum absolute atomic E-state index is 0. The van der Waals surface area contributed by atoms with Crippen molar-refractivity contribution in [2.24, 2.45) is 0 Å². The van der Waals surface area contributed by atoms with E-state index in [9.17, 15) is 23.1 Å². The topological polar surface area (TPSA) is 70.4 Å². The van der Waals surface area contributed by atoms with Gasteiger partial charge in [-0.1, -0.05) is 42.5 Å². The monoisotopic (exact) mass is 483 g/mol. The molecule has 4 nitrogen and oxygen atoms in total. The number of halogens is 4. The van der Waals surface area contributed by atoms with E-state index in [-0.39, 0.29) is 29.1 Å². The number of aromatic nitrogens is 1. The number of carbonyl (C=O) groups is 1. The molecule has 0 radical (unpaired) electrons. The van der Waals surface area contributed by atoms with E-state index >= 15 is 0 Å². The molecule has 1 unspecified atom stereocenters. The summed E-state index contributed by atoms with van der Waals surface area (Å²) in [6, 6.07) is 18.3. The molecule has 0 bridgehead atoms. The molecule has 0 saturated heterocycles. The second kappa shape index (κ2) is 8.27. The van der Waals surface area contributed by atoms with Crippen molar-refractivity contribution < 1.29 is 28.2 Å². The lowest BCUT2D eigenvalue weighted by molar-refractivity contribution is -0.246. The Bertz CT molecular complexity index is 1390. The van der Waals surface area contributed by atoms with Crippen LogP contribution in [0.1, 0.15) is 21.5 Å². The van der Waals surface area contributed by atoms with Gasteiger partial charge in [0, 0.05) is 29.1 Å². The third kappa shape index (κ3) is 3.45. The first-order chi connectivity index (χ1) is 15.7. The summed E-state index contributed by atoms with van der Waals surface area (Å²) in [7, 11) is 0. The van der Waals surface area contributed by atoms with Gasteiger partial charge in [-0.3, -0.25) is 4.98 Å². The Labute approximate surface area is 198 Å². The highest BCUT2D eigenvalue weighted by Crippen LogP contribution is 2.58. The fourth-order valence-electron chi connectivity index (χ4n) is 4.41. The predicted molar refractivity (Wildman–Crippen MR) is 124 cm³/mol. The van der Waals surface area contributed by atoms with Gasteiger partial charge in [0.15, 0.2) is 0 Å². The molecule has 0 saturated carbocycles. The molecule has 2 N–H and O–H groups in total. The van der Waals surface area contributed by atoms with Crippen LogP contribution in [0.25, 0.3) is 33.4 Å². The maximum absolute atomic E-state index is 14.4. The molecule has 34 heavy (non-hydrogen) atoms. The SMILES string of the molecule is Cl.O=C(O)c1ccc(-c2cc(-c3cccnc3)c3c(c2)C(O)(C(F)(F)F)c2ccccc2-3)cc1. The molecule has 1 aliphatic carbocycles. The molecule has 0 fully saturated rings. The van der Waals surface area contributed by atoms with Gasteiger partial charge < -0.3 is 10.2 Å². The molecule has 172 valence electrons. The average molecular weight is 484 g/mol. The van der Waals surface area contributed by atoms with Crippen LogP contribution in [0.3, 0.4) is 0 Å². The molecule has 1 aromatic heterocycles. The van der Waals surface area contributed by atoms with Gasteiger partial charge in [0.25, 0.3) is 0 Å². The van der Waals surface area contributed by atoms with Crippen LogP contribution in [0, 0.1) is 0 Å². The molecule has 4 aromatic rings. The molecule has 3 aromatic carbocycles. The Hall–Kier alpha value is -3.68. The summed E-state index contributed by atoms with van der Waals surface area (Å²) in [5, 5.41) is 20.3. The number of alkyl halides is 3. The third-order valence-electron chi connectivity index (χ3n) is 5.96. The average Bonchev–Trinajstić information content (AvgIpc) is 3.09. The molecule has 1 atom stereocenters. The number of hydrogen-bond donors (Lipinski definition) is 2. The Morgan fingerprint density at radius 2 is 1.53 bits per heavy atom. The fourth-order valence-corrected chi connectivity index (χ4v) is 4.41. The summed E-state index contributed by atoms with van der Waals surface area (Å²) in [6.07, 6.45) is -1.84. The first kappa shape index (κ1) is 23.5. The number of nitrogens with zero attached hydrogens (tertiary/aromatic N) is 1. The van der Waals surface area contributed by atoms with Gasteiger partial charge in [-0.2, -0.15) is 13.2 Å². The summed E-state index contributed by atoms with van der Waals surface area (Å²) in [4.78, 5) is 15.3. The second-order valence-electron chi connectivity index (χ2n) is 7.82. The first-order valence-corrected chi connectivity index (χ1v) is 10.0. The van der Waals surface area contributed by atoms with Crippen LogP contribution in [0.2, 0.25) is 0 Å². The van der Waals surface area contributed by atoms with Gasteiger partial charge in [-0.25, -0.2) is 4.79 Å². The van der Waals surface area contributed by atoms with Crippen LogP contribution >= 0.6 is 12.4 Å². The van der Waals surface area contributed by atoms with E-state index in [0.717, 1.165) is 0 Å². The van der Waals surface area contributed by atoms with Crippen molar-refractivity contribution >= 4 is 18.4 Å². The Morgan fingerprint density at radius 1 is 0.824 bits per heavy atom. The van der Waals surface area contributed by atoms with Crippen LogP contribution in [0.5, 0.6) is 0 Å². The van der Waals surface area contributed by atoms with Crippen molar-refractivity contribution in [3.8, 4) is 33.4 Å². The van der Waals surface area contributed by atoms with E-state index in [1.165, 1.54) is 42.5 Å². The quantitative estimate of drug-likeness (QED) is 0.358. The van der Waals surface area contributed by atoms with E-state index in [1.807, 2.05) is 0 Å². The van der Waals surface area contributed by atoms with Crippen molar-refractivity contribution in [2.75, 3.05) is 0 Å². The largest absolute Gasteiger partial charge is 0.478 e.